The SMILES string of the molecule is CCCCCCCCCCCCCCCC(=O)C1CCN(C(C(=O)OC)c2ccccc2F)C(=S)C1. The number of esters is 1. The summed E-state index contributed by atoms with van der Waals surface area (Å²) in [5.41, 5.74) is 0.253. The zero-order chi connectivity index (χ0) is 26.2. The van der Waals surface area contributed by atoms with Crippen molar-refractivity contribution in [2.45, 2.75) is 116 Å². The second kappa shape index (κ2) is 17.6. The summed E-state index contributed by atoms with van der Waals surface area (Å²) in [6.45, 7) is 2.70. The Morgan fingerprint density at radius 2 is 1.53 bits per heavy atom. The Balaban J connectivity index is 1.65. The molecule has 36 heavy (non-hydrogen) atoms. The highest BCUT2D eigenvalue weighted by atomic mass is 32.1. The fraction of sp³-hybridized carbons (Fsp3) is 0.700. The van der Waals surface area contributed by atoms with Crippen molar-refractivity contribution in [3.63, 3.8) is 0 Å². The molecule has 6 heteroatoms. The summed E-state index contributed by atoms with van der Waals surface area (Å²) >= 11 is 5.59. The van der Waals surface area contributed by atoms with Crippen molar-refractivity contribution >= 4 is 29.0 Å². The molecule has 4 nitrogen and oxygen atoms in total. The minimum atomic E-state index is -0.916. The molecule has 0 aromatic heterocycles. The highest BCUT2D eigenvalue weighted by Crippen LogP contribution is 2.32. The van der Waals surface area contributed by atoms with Crippen LogP contribution in [0.3, 0.4) is 0 Å². The molecule has 1 heterocycles. The van der Waals surface area contributed by atoms with E-state index in [1.807, 2.05) is 0 Å². The zero-order valence-electron chi connectivity index (χ0n) is 22.4. The first-order valence-corrected chi connectivity index (χ1v) is 14.5. The first-order valence-electron chi connectivity index (χ1n) is 14.1. The number of benzene rings is 1. The van der Waals surface area contributed by atoms with Crippen LogP contribution in [0.25, 0.3) is 0 Å². The van der Waals surface area contributed by atoms with Crippen molar-refractivity contribution in [2.24, 2.45) is 5.92 Å². The molecule has 0 aliphatic carbocycles. The van der Waals surface area contributed by atoms with E-state index in [1.54, 1.807) is 23.1 Å². The normalized spacial score (nSPS) is 16.7. The molecule has 1 aliphatic heterocycles. The second-order valence-electron chi connectivity index (χ2n) is 10.2. The van der Waals surface area contributed by atoms with Crippen LogP contribution in [0, 0.1) is 11.7 Å². The van der Waals surface area contributed by atoms with E-state index in [4.69, 9.17) is 17.0 Å². The molecule has 202 valence electrons. The van der Waals surface area contributed by atoms with Crippen LogP contribution in [-0.2, 0) is 14.3 Å². The number of piperidine rings is 1. The van der Waals surface area contributed by atoms with E-state index in [9.17, 15) is 14.0 Å². The Morgan fingerprint density at radius 3 is 2.06 bits per heavy atom. The van der Waals surface area contributed by atoms with Gasteiger partial charge in [0.2, 0.25) is 0 Å². The van der Waals surface area contributed by atoms with Crippen LogP contribution in [0.4, 0.5) is 4.39 Å². The molecule has 0 saturated carbocycles. The molecule has 0 radical (unpaired) electrons. The van der Waals surface area contributed by atoms with Gasteiger partial charge < -0.3 is 9.64 Å². The van der Waals surface area contributed by atoms with Crippen LogP contribution in [-0.4, -0.2) is 35.3 Å². The number of nitrogens with zero attached hydrogens (tertiary/aromatic N) is 1. The van der Waals surface area contributed by atoms with Gasteiger partial charge >= 0.3 is 5.97 Å². The van der Waals surface area contributed by atoms with Gasteiger partial charge in [-0.25, -0.2) is 9.18 Å². The summed E-state index contributed by atoms with van der Waals surface area (Å²) in [7, 11) is 1.30. The number of ketones is 1. The van der Waals surface area contributed by atoms with Crippen molar-refractivity contribution in [3.8, 4) is 0 Å². The molecule has 1 saturated heterocycles. The van der Waals surface area contributed by atoms with Gasteiger partial charge in [-0.2, -0.15) is 0 Å². The Hall–Kier alpha value is -1.82. The third kappa shape index (κ3) is 10.3. The number of hydrogen-bond donors (Lipinski definition) is 0. The number of rotatable bonds is 18. The molecule has 0 spiro atoms. The minimum Gasteiger partial charge on any atom is -0.467 e. The molecule has 1 fully saturated rings. The lowest BCUT2D eigenvalue weighted by molar-refractivity contribution is -0.146. The molecule has 0 N–H and O–H groups in total. The maximum Gasteiger partial charge on any atom is 0.333 e. The van der Waals surface area contributed by atoms with Gasteiger partial charge in [-0.15, -0.1) is 0 Å². The summed E-state index contributed by atoms with van der Waals surface area (Å²) in [5.74, 6) is -0.846. The predicted octanol–water partition coefficient (Wildman–Crippen LogP) is 8.13. The van der Waals surface area contributed by atoms with E-state index in [-0.39, 0.29) is 17.3 Å². The smallest absolute Gasteiger partial charge is 0.333 e. The second-order valence-corrected chi connectivity index (χ2v) is 10.7. The maximum absolute atomic E-state index is 14.4. The van der Waals surface area contributed by atoms with Gasteiger partial charge in [-0.1, -0.05) is 114 Å². The first-order chi connectivity index (χ1) is 17.5. The molecule has 0 amide bonds. The lowest BCUT2D eigenvalue weighted by Crippen LogP contribution is -2.45. The third-order valence-electron chi connectivity index (χ3n) is 7.38. The summed E-state index contributed by atoms with van der Waals surface area (Å²) < 4.78 is 19.4. The van der Waals surface area contributed by atoms with Crippen LogP contribution in [0.1, 0.15) is 121 Å². The minimum absolute atomic E-state index is 0.106. The number of ether oxygens (including phenoxy) is 1. The van der Waals surface area contributed by atoms with E-state index in [0.717, 1.165) is 12.8 Å². The van der Waals surface area contributed by atoms with Crippen LogP contribution >= 0.6 is 12.2 Å². The quantitative estimate of drug-likeness (QED) is 0.111. The number of Topliss-reactive ketones (excluding diaryl/α,β-unsaturated/α-hetero) is 1. The first kappa shape index (κ1) is 30.4. The van der Waals surface area contributed by atoms with Crippen molar-refractivity contribution in [3.05, 3.63) is 35.6 Å². The van der Waals surface area contributed by atoms with Gasteiger partial charge in [0.05, 0.1) is 12.1 Å². The number of methoxy groups -OCH3 is 1. The van der Waals surface area contributed by atoms with Crippen LogP contribution in [0.5, 0.6) is 0 Å². The van der Waals surface area contributed by atoms with E-state index in [1.165, 1.54) is 83.8 Å². The zero-order valence-corrected chi connectivity index (χ0v) is 23.3. The molecule has 2 unspecified atom stereocenters. The van der Waals surface area contributed by atoms with Gasteiger partial charge in [0.1, 0.15) is 11.6 Å². The number of carbonyl (C=O) groups excluding carboxylic acids is 2. The number of unbranched alkanes of at least 4 members (excludes halogenated alkanes) is 12. The highest BCUT2D eigenvalue weighted by molar-refractivity contribution is 7.80. The summed E-state index contributed by atoms with van der Waals surface area (Å²) in [6, 6.07) is 5.29. The van der Waals surface area contributed by atoms with Crippen molar-refractivity contribution < 1.29 is 18.7 Å². The molecule has 1 aromatic carbocycles. The van der Waals surface area contributed by atoms with E-state index in [0.29, 0.717) is 30.8 Å². The molecule has 2 atom stereocenters. The van der Waals surface area contributed by atoms with Crippen LogP contribution < -0.4 is 0 Å². The van der Waals surface area contributed by atoms with Crippen molar-refractivity contribution in [2.75, 3.05) is 13.7 Å². The summed E-state index contributed by atoms with van der Waals surface area (Å²) in [6.07, 6.45) is 18.4. The van der Waals surface area contributed by atoms with Crippen molar-refractivity contribution in [1.82, 2.24) is 4.90 Å². The Labute approximate surface area is 223 Å². The number of likely N-dealkylation sites (tertiary alicyclic amines) is 1. The topological polar surface area (TPSA) is 46.6 Å². The lowest BCUT2D eigenvalue weighted by Gasteiger charge is -2.38. The van der Waals surface area contributed by atoms with Gasteiger partial charge in [0.15, 0.2) is 6.04 Å². The van der Waals surface area contributed by atoms with E-state index >= 15 is 0 Å². The molecule has 0 bridgehead atoms. The van der Waals surface area contributed by atoms with E-state index in [2.05, 4.69) is 6.92 Å². The van der Waals surface area contributed by atoms with Gasteiger partial charge in [-0.3, -0.25) is 4.79 Å². The van der Waals surface area contributed by atoms with Gasteiger partial charge in [0, 0.05) is 30.9 Å². The lowest BCUT2D eigenvalue weighted by atomic mass is 9.88. The third-order valence-corrected chi connectivity index (χ3v) is 7.78. The average Bonchev–Trinajstić information content (AvgIpc) is 2.88. The molecule has 2 rings (SSSR count). The molecule has 1 aliphatic rings. The molecule has 1 aromatic rings. The molecular weight excluding hydrogens is 473 g/mol. The summed E-state index contributed by atoms with van der Waals surface area (Å²) in [4.78, 5) is 27.6. The van der Waals surface area contributed by atoms with Crippen LogP contribution in [0.15, 0.2) is 24.3 Å². The predicted molar refractivity (Wildman–Crippen MR) is 149 cm³/mol. The number of hydrogen-bond acceptors (Lipinski definition) is 4. The fourth-order valence-electron chi connectivity index (χ4n) is 5.15. The largest absolute Gasteiger partial charge is 0.467 e. The number of halogens is 1. The Bertz CT molecular complexity index is 815. The van der Waals surface area contributed by atoms with Gasteiger partial charge in [0.25, 0.3) is 0 Å². The van der Waals surface area contributed by atoms with Crippen molar-refractivity contribution in [1.29, 1.82) is 0 Å². The van der Waals surface area contributed by atoms with Crippen LogP contribution in [0.2, 0.25) is 0 Å². The Kier molecular flexibility index (Phi) is 14.9. The van der Waals surface area contributed by atoms with Gasteiger partial charge in [-0.05, 0) is 18.9 Å². The maximum atomic E-state index is 14.4. The standard InChI is InChI=1S/C30H46FNO3S/c1-3-4-5-6-7-8-9-10-11-12-13-14-15-20-27(33)24-21-22-32(28(36)23-24)29(30(34)35-2)25-18-16-17-19-26(25)31/h16-19,24,29H,3-15,20-23H2,1-2H3. The number of thiocarbonyl (C=S) groups is 1. The fourth-order valence-corrected chi connectivity index (χ4v) is 5.55. The average molecular weight is 520 g/mol. The number of carbonyl (C=O) groups is 2. The Morgan fingerprint density at radius 1 is 0.972 bits per heavy atom. The molecular formula is C30H46FNO3S. The summed E-state index contributed by atoms with van der Waals surface area (Å²) in [5, 5.41) is 0. The monoisotopic (exact) mass is 519 g/mol. The van der Waals surface area contributed by atoms with E-state index < -0.39 is 17.8 Å². The highest BCUT2D eigenvalue weighted by Gasteiger charge is 2.37.